The number of imidazole rings is 2. The number of halogens is 2. The molecule has 1 aromatic carbocycles. The molecule has 0 bridgehead atoms. The van der Waals surface area contributed by atoms with Crippen LogP contribution in [-0.2, 0) is 13.0 Å². The van der Waals surface area contributed by atoms with Gasteiger partial charge in [0, 0.05) is 43.0 Å². The van der Waals surface area contributed by atoms with E-state index < -0.39 is 11.6 Å². The maximum Gasteiger partial charge on any atom is 0.272 e. The number of rotatable bonds is 7. The Kier molecular flexibility index (Phi) is 6.05. The molecule has 0 saturated heterocycles. The summed E-state index contributed by atoms with van der Waals surface area (Å²) in [5.74, 6) is -0.382. The Hall–Kier alpha value is -4.40. The molecule has 9 heteroatoms. The van der Waals surface area contributed by atoms with Gasteiger partial charge in [-0.25, -0.2) is 18.7 Å². The second-order valence-corrected chi connectivity index (χ2v) is 8.14. The molecule has 5 rings (SSSR count). The largest absolute Gasteiger partial charge is 0.350 e. The Balaban J connectivity index is 1.41. The predicted octanol–water partition coefficient (Wildman–Crippen LogP) is 4.20. The van der Waals surface area contributed by atoms with E-state index in [9.17, 15) is 13.6 Å². The van der Waals surface area contributed by atoms with Gasteiger partial charge in [0.05, 0.1) is 12.1 Å². The lowest BCUT2D eigenvalue weighted by Gasteiger charge is -2.06. The molecule has 0 atom stereocenters. The quantitative estimate of drug-likeness (QED) is 0.385. The maximum atomic E-state index is 14.2. The summed E-state index contributed by atoms with van der Waals surface area (Å²) in [6.07, 6.45) is 7.70. The average Bonchev–Trinajstić information content (AvgIpc) is 3.42. The Morgan fingerprint density at radius 2 is 1.97 bits per heavy atom. The smallest absolute Gasteiger partial charge is 0.272 e. The molecule has 0 aliphatic carbocycles. The SMILES string of the molecule is Cc1nc(-c2nc(C(=O)NCCc3cccnc3)c3ccccn23)cn1Cc1ccc(F)cc1F. The van der Waals surface area contributed by atoms with Crippen molar-refractivity contribution >= 4 is 11.4 Å². The Labute approximate surface area is 200 Å². The fourth-order valence-electron chi connectivity index (χ4n) is 3.95. The highest BCUT2D eigenvalue weighted by Gasteiger charge is 2.20. The molecule has 0 saturated carbocycles. The van der Waals surface area contributed by atoms with E-state index in [1.165, 1.54) is 12.1 Å². The van der Waals surface area contributed by atoms with Gasteiger partial charge in [-0.2, -0.15) is 0 Å². The fourth-order valence-corrected chi connectivity index (χ4v) is 3.95. The predicted molar refractivity (Wildman–Crippen MR) is 127 cm³/mol. The van der Waals surface area contributed by atoms with Crippen molar-refractivity contribution in [2.75, 3.05) is 6.54 Å². The van der Waals surface area contributed by atoms with E-state index in [0.29, 0.717) is 47.1 Å². The van der Waals surface area contributed by atoms with Crippen molar-refractivity contribution in [3.8, 4) is 11.5 Å². The standard InChI is InChI=1S/C26H22F2N6O/c1-17-31-22(16-33(17)15-19-7-8-20(27)13-21(19)28)25-32-24(23-6-2-3-12-34(23)25)26(35)30-11-9-18-5-4-10-29-14-18/h2-8,10,12-14,16H,9,11,15H2,1H3,(H,30,35). The van der Waals surface area contributed by atoms with Crippen molar-refractivity contribution in [3.05, 3.63) is 108 Å². The van der Waals surface area contributed by atoms with Crippen molar-refractivity contribution in [1.29, 1.82) is 0 Å². The normalized spacial score (nSPS) is 11.2. The first-order valence-electron chi connectivity index (χ1n) is 11.1. The summed E-state index contributed by atoms with van der Waals surface area (Å²) < 4.78 is 31.0. The number of aromatic nitrogens is 5. The molecule has 0 unspecified atom stereocenters. The van der Waals surface area contributed by atoms with Crippen LogP contribution in [0, 0.1) is 18.6 Å². The molecule has 1 N–H and O–H groups in total. The molecule has 0 aliphatic heterocycles. The van der Waals surface area contributed by atoms with Crippen LogP contribution < -0.4 is 5.32 Å². The topological polar surface area (TPSA) is 77.1 Å². The van der Waals surface area contributed by atoms with Crippen LogP contribution in [0.25, 0.3) is 17.0 Å². The number of aryl methyl sites for hydroxylation is 1. The number of amides is 1. The van der Waals surface area contributed by atoms with Crippen molar-refractivity contribution in [3.63, 3.8) is 0 Å². The third-order valence-corrected chi connectivity index (χ3v) is 5.75. The van der Waals surface area contributed by atoms with Crippen LogP contribution in [0.3, 0.4) is 0 Å². The number of nitrogens with one attached hydrogen (secondary N) is 1. The second-order valence-electron chi connectivity index (χ2n) is 8.14. The van der Waals surface area contributed by atoms with E-state index in [1.54, 1.807) is 34.5 Å². The number of fused-ring (bicyclic) bond motifs is 1. The molecule has 0 fully saturated rings. The fraction of sp³-hybridized carbons (Fsp3) is 0.154. The summed E-state index contributed by atoms with van der Waals surface area (Å²) >= 11 is 0. The molecule has 0 spiro atoms. The highest BCUT2D eigenvalue weighted by Crippen LogP contribution is 2.23. The van der Waals surface area contributed by atoms with Gasteiger partial charge in [0.25, 0.3) is 5.91 Å². The average molecular weight is 472 g/mol. The number of carbonyl (C=O) groups is 1. The highest BCUT2D eigenvalue weighted by atomic mass is 19.1. The molecule has 1 amide bonds. The van der Waals surface area contributed by atoms with Crippen LogP contribution in [0.2, 0.25) is 0 Å². The lowest BCUT2D eigenvalue weighted by Crippen LogP contribution is -2.26. The molecule has 5 aromatic rings. The molecule has 4 heterocycles. The minimum absolute atomic E-state index is 0.190. The minimum atomic E-state index is -0.621. The van der Waals surface area contributed by atoms with Gasteiger partial charge in [0.1, 0.15) is 23.2 Å². The van der Waals surface area contributed by atoms with E-state index in [0.717, 1.165) is 11.6 Å². The van der Waals surface area contributed by atoms with Crippen molar-refractivity contribution in [2.45, 2.75) is 19.9 Å². The summed E-state index contributed by atoms with van der Waals surface area (Å²) in [4.78, 5) is 26.3. The lowest BCUT2D eigenvalue weighted by molar-refractivity contribution is 0.0951. The van der Waals surface area contributed by atoms with Gasteiger partial charge in [-0.05, 0) is 43.2 Å². The van der Waals surface area contributed by atoms with Crippen LogP contribution in [0.4, 0.5) is 8.78 Å². The van der Waals surface area contributed by atoms with E-state index in [4.69, 9.17) is 0 Å². The van der Waals surface area contributed by atoms with E-state index >= 15 is 0 Å². The van der Waals surface area contributed by atoms with Gasteiger partial charge in [0.2, 0.25) is 0 Å². The third kappa shape index (κ3) is 4.65. The van der Waals surface area contributed by atoms with E-state index in [2.05, 4.69) is 20.3 Å². The molecule has 176 valence electrons. The van der Waals surface area contributed by atoms with E-state index in [-0.39, 0.29) is 12.5 Å². The summed E-state index contributed by atoms with van der Waals surface area (Å²) in [7, 11) is 0. The minimum Gasteiger partial charge on any atom is -0.350 e. The summed E-state index contributed by atoms with van der Waals surface area (Å²) in [5, 5.41) is 2.92. The summed E-state index contributed by atoms with van der Waals surface area (Å²) in [6, 6.07) is 12.8. The van der Waals surface area contributed by atoms with Gasteiger partial charge in [-0.15, -0.1) is 0 Å². The second kappa shape index (κ2) is 9.46. The number of carbonyl (C=O) groups excluding carboxylic acids is 1. The first-order chi connectivity index (χ1) is 17.0. The molecule has 4 aromatic heterocycles. The highest BCUT2D eigenvalue weighted by molar-refractivity contribution is 6.00. The number of benzene rings is 1. The first kappa shape index (κ1) is 22.4. The van der Waals surface area contributed by atoms with Crippen LogP contribution in [0.1, 0.15) is 27.4 Å². The molecular formula is C26H22F2N6O. The van der Waals surface area contributed by atoms with Gasteiger partial charge >= 0.3 is 0 Å². The maximum absolute atomic E-state index is 14.2. The zero-order chi connectivity index (χ0) is 24.4. The molecule has 7 nitrogen and oxygen atoms in total. The molecule has 0 aliphatic rings. The molecular weight excluding hydrogens is 450 g/mol. The van der Waals surface area contributed by atoms with E-state index in [1.807, 2.05) is 36.5 Å². The van der Waals surface area contributed by atoms with Crippen molar-refractivity contribution in [1.82, 2.24) is 29.2 Å². The van der Waals surface area contributed by atoms with Crippen LogP contribution in [0.15, 0.2) is 73.3 Å². The molecule has 0 radical (unpaired) electrons. The number of pyridine rings is 2. The van der Waals surface area contributed by atoms with Gasteiger partial charge < -0.3 is 9.88 Å². The Morgan fingerprint density at radius 1 is 1.09 bits per heavy atom. The van der Waals surface area contributed by atoms with Crippen molar-refractivity contribution in [2.24, 2.45) is 0 Å². The van der Waals surface area contributed by atoms with Gasteiger partial charge in [-0.3, -0.25) is 14.2 Å². The third-order valence-electron chi connectivity index (χ3n) is 5.75. The molecule has 35 heavy (non-hydrogen) atoms. The van der Waals surface area contributed by atoms with Gasteiger partial charge in [0.15, 0.2) is 11.5 Å². The summed E-state index contributed by atoms with van der Waals surface area (Å²) in [5.41, 5.74) is 2.87. The number of nitrogens with zero attached hydrogens (tertiary/aromatic N) is 5. The first-order valence-corrected chi connectivity index (χ1v) is 11.1. The van der Waals surface area contributed by atoms with Crippen molar-refractivity contribution < 1.29 is 13.6 Å². The van der Waals surface area contributed by atoms with Crippen LogP contribution in [0.5, 0.6) is 0 Å². The zero-order valence-electron chi connectivity index (χ0n) is 18.9. The van der Waals surface area contributed by atoms with Crippen LogP contribution in [-0.4, -0.2) is 36.4 Å². The lowest BCUT2D eigenvalue weighted by atomic mass is 10.2. The Bertz CT molecular complexity index is 1510. The summed E-state index contributed by atoms with van der Waals surface area (Å²) in [6.45, 7) is 2.44. The van der Waals surface area contributed by atoms with Crippen LogP contribution >= 0.6 is 0 Å². The number of hydrogen-bond acceptors (Lipinski definition) is 4. The number of hydrogen-bond donors (Lipinski definition) is 1. The monoisotopic (exact) mass is 472 g/mol. The van der Waals surface area contributed by atoms with Gasteiger partial charge in [-0.1, -0.05) is 18.2 Å². The Morgan fingerprint density at radius 3 is 2.77 bits per heavy atom. The zero-order valence-corrected chi connectivity index (χ0v) is 18.9.